The summed E-state index contributed by atoms with van der Waals surface area (Å²) in [5, 5.41) is 4.43. The van der Waals surface area contributed by atoms with E-state index in [-0.39, 0.29) is 6.04 Å². The van der Waals surface area contributed by atoms with Crippen molar-refractivity contribution in [1.29, 1.82) is 0 Å². The minimum Gasteiger partial charge on any atom is -0.467 e. The maximum atomic E-state index is 6.06. The first-order valence-electron chi connectivity index (χ1n) is 4.92. The SMILES string of the molecule is CC(Nc1c(Cl)cccc1Cl)c1ccco1. The summed E-state index contributed by atoms with van der Waals surface area (Å²) in [6.45, 7) is 1.98. The lowest BCUT2D eigenvalue weighted by Crippen LogP contribution is -2.06. The molecular formula is C12H11Cl2NO. The Kier molecular flexibility index (Phi) is 3.42. The molecule has 1 unspecified atom stereocenters. The van der Waals surface area contributed by atoms with Crippen LogP contribution in [0.4, 0.5) is 5.69 Å². The summed E-state index contributed by atoms with van der Waals surface area (Å²) >= 11 is 12.1. The van der Waals surface area contributed by atoms with Crippen LogP contribution in [0.5, 0.6) is 0 Å². The molecule has 4 heteroatoms. The molecule has 0 saturated carbocycles. The largest absolute Gasteiger partial charge is 0.467 e. The molecule has 16 heavy (non-hydrogen) atoms. The Balaban J connectivity index is 2.21. The van der Waals surface area contributed by atoms with E-state index in [0.717, 1.165) is 11.4 Å². The Labute approximate surface area is 104 Å². The Bertz CT molecular complexity index is 448. The highest BCUT2D eigenvalue weighted by atomic mass is 35.5. The molecule has 0 amide bonds. The Morgan fingerprint density at radius 2 is 1.81 bits per heavy atom. The molecule has 1 aromatic carbocycles. The number of hydrogen-bond donors (Lipinski definition) is 1. The Morgan fingerprint density at radius 1 is 1.12 bits per heavy atom. The van der Waals surface area contributed by atoms with Crippen molar-refractivity contribution in [3.8, 4) is 0 Å². The van der Waals surface area contributed by atoms with Gasteiger partial charge in [-0.25, -0.2) is 0 Å². The highest BCUT2D eigenvalue weighted by molar-refractivity contribution is 6.39. The fraction of sp³-hybridized carbons (Fsp3) is 0.167. The fourth-order valence-electron chi connectivity index (χ4n) is 1.46. The Hall–Kier alpha value is -1.12. The smallest absolute Gasteiger partial charge is 0.125 e. The van der Waals surface area contributed by atoms with Crippen molar-refractivity contribution in [3.63, 3.8) is 0 Å². The molecule has 1 heterocycles. The summed E-state index contributed by atoms with van der Waals surface area (Å²) in [6, 6.07) is 9.18. The van der Waals surface area contributed by atoms with Gasteiger partial charge in [0.05, 0.1) is 28.0 Å². The molecule has 0 fully saturated rings. The summed E-state index contributed by atoms with van der Waals surface area (Å²) in [5.74, 6) is 0.844. The zero-order valence-corrected chi connectivity index (χ0v) is 10.2. The van der Waals surface area contributed by atoms with Crippen LogP contribution in [0, 0.1) is 0 Å². The lowest BCUT2D eigenvalue weighted by molar-refractivity contribution is 0.490. The monoisotopic (exact) mass is 255 g/mol. The van der Waals surface area contributed by atoms with Gasteiger partial charge in [0.2, 0.25) is 0 Å². The van der Waals surface area contributed by atoms with E-state index in [1.54, 1.807) is 18.4 Å². The number of para-hydroxylation sites is 1. The molecule has 0 saturated heterocycles. The summed E-state index contributed by atoms with van der Waals surface area (Å²) < 4.78 is 5.30. The van der Waals surface area contributed by atoms with Crippen LogP contribution < -0.4 is 5.32 Å². The zero-order chi connectivity index (χ0) is 11.5. The van der Waals surface area contributed by atoms with E-state index in [4.69, 9.17) is 27.6 Å². The first kappa shape index (κ1) is 11.4. The normalized spacial score (nSPS) is 12.4. The van der Waals surface area contributed by atoms with E-state index in [2.05, 4.69) is 5.32 Å². The predicted molar refractivity (Wildman–Crippen MR) is 67.2 cm³/mol. The van der Waals surface area contributed by atoms with E-state index in [1.165, 1.54) is 0 Å². The topological polar surface area (TPSA) is 25.2 Å². The summed E-state index contributed by atoms with van der Waals surface area (Å²) in [5.41, 5.74) is 0.731. The lowest BCUT2D eigenvalue weighted by atomic mass is 10.2. The van der Waals surface area contributed by atoms with Crippen molar-refractivity contribution in [2.75, 3.05) is 5.32 Å². The molecule has 2 nitrogen and oxygen atoms in total. The summed E-state index contributed by atoms with van der Waals surface area (Å²) in [6.07, 6.45) is 1.64. The number of hydrogen-bond acceptors (Lipinski definition) is 2. The van der Waals surface area contributed by atoms with E-state index in [9.17, 15) is 0 Å². The molecule has 2 aromatic rings. The van der Waals surface area contributed by atoms with Crippen molar-refractivity contribution in [2.45, 2.75) is 13.0 Å². The molecule has 84 valence electrons. The molecule has 1 N–H and O–H groups in total. The molecule has 0 radical (unpaired) electrons. The maximum absolute atomic E-state index is 6.06. The molecule has 0 bridgehead atoms. The standard InChI is InChI=1S/C12H11Cl2NO/c1-8(11-6-3-7-16-11)15-12-9(13)4-2-5-10(12)14/h2-8,15H,1H3. The van der Waals surface area contributed by atoms with Gasteiger partial charge < -0.3 is 9.73 Å². The van der Waals surface area contributed by atoms with E-state index < -0.39 is 0 Å². The molecular weight excluding hydrogens is 245 g/mol. The van der Waals surface area contributed by atoms with Crippen molar-refractivity contribution in [2.24, 2.45) is 0 Å². The molecule has 0 aliphatic carbocycles. The van der Waals surface area contributed by atoms with Gasteiger partial charge in [-0.05, 0) is 31.2 Å². The van der Waals surface area contributed by atoms with Crippen LogP contribution in [0.2, 0.25) is 10.0 Å². The van der Waals surface area contributed by atoms with Crippen molar-refractivity contribution < 1.29 is 4.42 Å². The Morgan fingerprint density at radius 3 is 2.38 bits per heavy atom. The molecule has 0 aliphatic heterocycles. The average molecular weight is 256 g/mol. The van der Waals surface area contributed by atoms with Crippen LogP contribution in [0.25, 0.3) is 0 Å². The minimum absolute atomic E-state index is 0.0207. The lowest BCUT2D eigenvalue weighted by Gasteiger charge is -2.15. The molecule has 2 rings (SSSR count). The van der Waals surface area contributed by atoms with Crippen molar-refractivity contribution in [1.82, 2.24) is 0 Å². The molecule has 0 spiro atoms. The molecule has 0 aliphatic rings. The number of rotatable bonds is 3. The van der Waals surface area contributed by atoms with Crippen LogP contribution in [0.15, 0.2) is 41.0 Å². The van der Waals surface area contributed by atoms with Crippen LogP contribution in [0.1, 0.15) is 18.7 Å². The molecule has 1 atom stereocenters. The van der Waals surface area contributed by atoms with Gasteiger partial charge in [0.1, 0.15) is 5.76 Å². The van der Waals surface area contributed by atoms with Gasteiger partial charge in [-0.15, -0.1) is 0 Å². The van der Waals surface area contributed by atoms with E-state index in [0.29, 0.717) is 10.0 Å². The fourth-order valence-corrected chi connectivity index (χ4v) is 1.97. The van der Waals surface area contributed by atoms with Crippen molar-refractivity contribution >= 4 is 28.9 Å². The van der Waals surface area contributed by atoms with Crippen molar-refractivity contribution in [3.05, 3.63) is 52.4 Å². The van der Waals surface area contributed by atoms with Gasteiger partial charge in [-0.1, -0.05) is 29.3 Å². The number of anilines is 1. The third-order valence-corrected chi connectivity index (χ3v) is 2.92. The summed E-state index contributed by atoms with van der Waals surface area (Å²) in [4.78, 5) is 0. The van der Waals surface area contributed by atoms with Gasteiger partial charge in [0, 0.05) is 0 Å². The second kappa shape index (κ2) is 4.81. The maximum Gasteiger partial charge on any atom is 0.125 e. The number of nitrogens with one attached hydrogen (secondary N) is 1. The highest BCUT2D eigenvalue weighted by Crippen LogP contribution is 2.32. The second-order valence-electron chi connectivity index (χ2n) is 3.48. The highest BCUT2D eigenvalue weighted by Gasteiger charge is 2.12. The van der Waals surface area contributed by atoms with E-state index in [1.807, 2.05) is 25.1 Å². The molecule has 1 aromatic heterocycles. The summed E-state index contributed by atoms with van der Waals surface area (Å²) in [7, 11) is 0. The van der Waals surface area contributed by atoms with Gasteiger partial charge in [0.25, 0.3) is 0 Å². The van der Waals surface area contributed by atoms with Gasteiger partial charge in [-0.3, -0.25) is 0 Å². The first-order chi connectivity index (χ1) is 7.68. The third-order valence-electron chi connectivity index (χ3n) is 2.29. The van der Waals surface area contributed by atoms with E-state index >= 15 is 0 Å². The second-order valence-corrected chi connectivity index (χ2v) is 4.29. The number of benzene rings is 1. The van der Waals surface area contributed by atoms with Crippen LogP contribution in [-0.2, 0) is 0 Å². The predicted octanol–water partition coefficient (Wildman–Crippen LogP) is 4.76. The third kappa shape index (κ3) is 2.34. The number of halogens is 2. The van der Waals surface area contributed by atoms with Gasteiger partial charge in [0.15, 0.2) is 0 Å². The average Bonchev–Trinajstić information content (AvgIpc) is 2.76. The first-order valence-corrected chi connectivity index (χ1v) is 5.68. The van der Waals surface area contributed by atoms with Crippen LogP contribution >= 0.6 is 23.2 Å². The van der Waals surface area contributed by atoms with Crippen LogP contribution in [-0.4, -0.2) is 0 Å². The van der Waals surface area contributed by atoms with Gasteiger partial charge >= 0.3 is 0 Å². The number of furan rings is 1. The minimum atomic E-state index is 0.0207. The quantitative estimate of drug-likeness (QED) is 0.856. The van der Waals surface area contributed by atoms with Crippen LogP contribution in [0.3, 0.4) is 0 Å². The van der Waals surface area contributed by atoms with Gasteiger partial charge in [-0.2, -0.15) is 0 Å². The zero-order valence-electron chi connectivity index (χ0n) is 8.71.